The Bertz CT molecular complexity index is 1330. The van der Waals surface area contributed by atoms with Crippen LogP contribution in [-0.2, 0) is 9.47 Å². The SMILES string of the molecule is CCCCCCCCCCCCCCCCCCCCCCOCC(O)CNc1ccc(Nc2ccccc2)cc1NCC(O)COCCCCCCCCCCCCCCCCCCCCCC. The first-order valence-electron chi connectivity index (χ1n) is 30.1. The number of rotatable bonds is 54. The summed E-state index contributed by atoms with van der Waals surface area (Å²) in [6.45, 7) is 7.36. The van der Waals surface area contributed by atoms with Gasteiger partial charge in [-0.3, -0.25) is 0 Å². The van der Waals surface area contributed by atoms with Gasteiger partial charge in [0.05, 0.1) is 36.8 Å². The Morgan fingerprint density at radius 3 is 0.986 bits per heavy atom. The number of para-hydroxylation sites is 1. The molecule has 0 fully saturated rings. The van der Waals surface area contributed by atoms with Gasteiger partial charge >= 0.3 is 0 Å². The predicted octanol–water partition coefficient (Wildman–Crippen LogP) is 18.7. The van der Waals surface area contributed by atoms with Crippen LogP contribution in [0.2, 0.25) is 0 Å². The number of unbranched alkanes of at least 4 members (excludes halogenated alkanes) is 38. The molecule has 0 aliphatic heterocycles. The molecule has 0 aromatic heterocycles. The molecule has 0 spiro atoms. The third-order valence-corrected chi connectivity index (χ3v) is 14.0. The standard InChI is InChI=1S/C62H113N3O4/c1-3-5-7-9-11-13-15-17-19-21-23-25-27-29-31-33-35-37-39-44-50-68-55-59(66)53-63-61-49-48-58(65-57-46-42-41-43-47-57)52-62(61)64-54-60(67)56-69-51-45-40-38-36-34-32-30-28-26-24-22-20-18-16-14-12-10-8-6-4-2/h41-43,46-49,52,59-60,63-67H,3-40,44-45,50-51,53-56H2,1-2H3. The highest BCUT2D eigenvalue weighted by Gasteiger charge is 2.11. The van der Waals surface area contributed by atoms with Crippen LogP contribution in [0.25, 0.3) is 0 Å². The molecule has 7 heteroatoms. The van der Waals surface area contributed by atoms with E-state index in [2.05, 4.69) is 29.8 Å². The maximum Gasteiger partial charge on any atom is 0.0945 e. The highest BCUT2D eigenvalue weighted by Crippen LogP contribution is 2.28. The third-order valence-electron chi connectivity index (χ3n) is 14.0. The molecule has 0 heterocycles. The molecule has 2 aromatic carbocycles. The Balaban J connectivity index is 1.48. The van der Waals surface area contributed by atoms with E-state index >= 15 is 0 Å². The van der Waals surface area contributed by atoms with Crippen molar-refractivity contribution < 1.29 is 19.7 Å². The van der Waals surface area contributed by atoms with Crippen molar-refractivity contribution in [2.75, 3.05) is 55.5 Å². The number of aliphatic hydroxyl groups is 2. The van der Waals surface area contributed by atoms with Gasteiger partial charge in [-0.1, -0.05) is 276 Å². The lowest BCUT2D eigenvalue weighted by molar-refractivity contribution is 0.0414. The van der Waals surface area contributed by atoms with Crippen molar-refractivity contribution in [2.24, 2.45) is 0 Å². The van der Waals surface area contributed by atoms with Crippen LogP contribution in [0, 0.1) is 0 Å². The van der Waals surface area contributed by atoms with E-state index in [0.29, 0.717) is 39.5 Å². The molecule has 0 saturated heterocycles. The predicted molar refractivity (Wildman–Crippen MR) is 303 cm³/mol. The van der Waals surface area contributed by atoms with Crippen molar-refractivity contribution in [2.45, 2.75) is 283 Å². The van der Waals surface area contributed by atoms with Crippen molar-refractivity contribution in [3.63, 3.8) is 0 Å². The first kappa shape index (κ1) is 62.8. The lowest BCUT2D eigenvalue weighted by atomic mass is 10.0. The third kappa shape index (κ3) is 40.9. The summed E-state index contributed by atoms with van der Waals surface area (Å²) in [4.78, 5) is 0. The first-order valence-corrected chi connectivity index (χ1v) is 30.1. The van der Waals surface area contributed by atoms with Crippen LogP contribution in [0.1, 0.15) is 271 Å². The van der Waals surface area contributed by atoms with Gasteiger partial charge in [-0.2, -0.15) is 0 Å². The molecule has 69 heavy (non-hydrogen) atoms. The van der Waals surface area contributed by atoms with E-state index in [0.717, 1.165) is 35.6 Å². The molecule has 5 N–H and O–H groups in total. The minimum atomic E-state index is -0.624. The van der Waals surface area contributed by atoms with Gasteiger partial charge in [0, 0.05) is 37.7 Å². The number of benzene rings is 2. The van der Waals surface area contributed by atoms with Gasteiger partial charge in [0.15, 0.2) is 0 Å². The average Bonchev–Trinajstić information content (AvgIpc) is 3.36. The molecule has 0 bridgehead atoms. The largest absolute Gasteiger partial charge is 0.389 e. The Kier molecular flexibility index (Phi) is 44.8. The minimum Gasteiger partial charge on any atom is -0.389 e. The molecule has 0 saturated carbocycles. The van der Waals surface area contributed by atoms with Crippen LogP contribution in [0.15, 0.2) is 48.5 Å². The molecular weight excluding hydrogens is 851 g/mol. The second-order valence-electron chi connectivity index (χ2n) is 20.9. The normalized spacial score (nSPS) is 12.4. The molecule has 2 rings (SSSR count). The number of ether oxygens (including phenoxy) is 2. The first-order chi connectivity index (χ1) is 34.1. The van der Waals surface area contributed by atoms with E-state index in [4.69, 9.17) is 9.47 Å². The van der Waals surface area contributed by atoms with Crippen LogP contribution in [-0.4, -0.2) is 61.9 Å². The average molecular weight is 965 g/mol. The van der Waals surface area contributed by atoms with Gasteiger partial charge in [-0.15, -0.1) is 0 Å². The number of hydrogen-bond acceptors (Lipinski definition) is 7. The van der Waals surface area contributed by atoms with Gasteiger partial charge in [-0.25, -0.2) is 0 Å². The van der Waals surface area contributed by atoms with Crippen molar-refractivity contribution in [1.82, 2.24) is 0 Å². The van der Waals surface area contributed by atoms with Crippen molar-refractivity contribution in [1.29, 1.82) is 0 Å². The van der Waals surface area contributed by atoms with Crippen LogP contribution in [0.4, 0.5) is 22.7 Å². The molecule has 2 unspecified atom stereocenters. The maximum atomic E-state index is 10.8. The molecule has 400 valence electrons. The number of anilines is 4. The van der Waals surface area contributed by atoms with Crippen molar-refractivity contribution in [3.05, 3.63) is 48.5 Å². The van der Waals surface area contributed by atoms with Crippen LogP contribution >= 0.6 is 0 Å². The molecule has 2 atom stereocenters. The fourth-order valence-corrected chi connectivity index (χ4v) is 9.54. The molecule has 0 aliphatic rings. The summed E-state index contributed by atoms with van der Waals surface area (Å²) in [6.07, 6.45) is 53.9. The lowest BCUT2D eigenvalue weighted by Gasteiger charge is -2.20. The monoisotopic (exact) mass is 964 g/mol. The molecule has 7 nitrogen and oxygen atoms in total. The number of nitrogens with one attached hydrogen (secondary N) is 3. The Labute approximate surface area is 427 Å². The van der Waals surface area contributed by atoms with Gasteiger partial charge in [0.1, 0.15) is 0 Å². The number of aliphatic hydroxyl groups excluding tert-OH is 2. The molecule has 2 aromatic rings. The Morgan fingerprint density at radius 1 is 0.348 bits per heavy atom. The zero-order valence-corrected chi connectivity index (χ0v) is 45.5. The summed E-state index contributed by atoms with van der Waals surface area (Å²) < 4.78 is 11.8. The summed E-state index contributed by atoms with van der Waals surface area (Å²) in [6, 6.07) is 16.2. The van der Waals surface area contributed by atoms with E-state index in [-0.39, 0.29) is 0 Å². The summed E-state index contributed by atoms with van der Waals surface area (Å²) in [5.74, 6) is 0. The van der Waals surface area contributed by atoms with Crippen LogP contribution in [0.5, 0.6) is 0 Å². The van der Waals surface area contributed by atoms with Gasteiger partial charge in [0.2, 0.25) is 0 Å². The molecular formula is C62H113N3O4. The van der Waals surface area contributed by atoms with E-state index in [1.807, 2.05) is 48.5 Å². The topological polar surface area (TPSA) is 95.0 Å². The molecule has 0 radical (unpaired) electrons. The second-order valence-corrected chi connectivity index (χ2v) is 20.9. The van der Waals surface area contributed by atoms with E-state index in [1.54, 1.807) is 0 Å². The highest BCUT2D eigenvalue weighted by atomic mass is 16.5. The fraction of sp³-hybridized carbons (Fsp3) is 0.806. The van der Waals surface area contributed by atoms with Crippen molar-refractivity contribution in [3.8, 4) is 0 Å². The summed E-state index contributed by atoms with van der Waals surface area (Å²) in [5.41, 5.74) is 3.69. The minimum absolute atomic E-state index is 0.312. The van der Waals surface area contributed by atoms with Crippen molar-refractivity contribution >= 4 is 22.7 Å². The quantitative estimate of drug-likeness (QED) is 0.0422. The molecule has 0 amide bonds. The highest BCUT2D eigenvalue weighted by molar-refractivity contribution is 5.76. The van der Waals surface area contributed by atoms with E-state index in [1.165, 1.54) is 244 Å². The Morgan fingerprint density at radius 2 is 0.652 bits per heavy atom. The van der Waals surface area contributed by atoms with Crippen LogP contribution < -0.4 is 16.0 Å². The smallest absolute Gasteiger partial charge is 0.0945 e. The van der Waals surface area contributed by atoms with Gasteiger partial charge in [-0.05, 0) is 43.2 Å². The zero-order valence-electron chi connectivity index (χ0n) is 45.5. The van der Waals surface area contributed by atoms with E-state index < -0.39 is 12.2 Å². The summed E-state index contributed by atoms with van der Waals surface area (Å²) in [7, 11) is 0. The maximum absolute atomic E-state index is 10.8. The van der Waals surface area contributed by atoms with E-state index in [9.17, 15) is 10.2 Å². The summed E-state index contributed by atoms with van der Waals surface area (Å²) in [5, 5.41) is 31.9. The Hall–Kier alpha value is -2.32. The fourth-order valence-electron chi connectivity index (χ4n) is 9.54. The summed E-state index contributed by atoms with van der Waals surface area (Å²) >= 11 is 0. The van der Waals surface area contributed by atoms with Gasteiger partial charge in [0.25, 0.3) is 0 Å². The second kappa shape index (κ2) is 49.3. The zero-order chi connectivity index (χ0) is 49.2. The van der Waals surface area contributed by atoms with Crippen LogP contribution in [0.3, 0.4) is 0 Å². The molecule has 0 aliphatic carbocycles. The number of hydrogen-bond donors (Lipinski definition) is 5. The van der Waals surface area contributed by atoms with Gasteiger partial charge < -0.3 is 35.6 Å². The lowest BCUT2D eigenvalue weighted by Crippen LogP contribution is -2.27.